The maximum atomic E-state index is 6.73. The van der Waals surface area contributed by atoms with Crippen LogP contribution in [0.5, 0.6) is 0 Å². The maximum absolute atomic E-state index is 6.73. The third-order valence-electron chi connectivity index (χ3n) is 10.9. The fraction of sp³-hybridized carbons (Fsp3) is 0. The number of furan rings is 1. The van der Waals surface area contributed by atoms with Gasteiger partial charge in [-0.1, -0.05) is 182 Å². The van der Waals surface area contributed by atoms with Crippen LogP contribution in [0.4, 0.5) is 0 Å². The van der Waals surface area contributed by atoms with Crippen molar-refractivity contribution < 1.29 is 4.42 Å². The van der Waals surface area contributed by atoms with E-state index < -0.39 is 0 Å². The number of hydrogen-bond donors (Lipinski definition) is 0. The third kappa shape index (κ3) is 5.92. The lowest BCUT2D eigenvalue weighted by Crippen LogP contribution is -2.00. The fourth-order valence-electron chi connectivity index (χ4n) is 8.00. The Morgan fingerprint density at radius 1 is 0.298 bits per heavy atom. The van der Waals surface area contributed by atoms with Gasteiger partial charge in [0.1, 0.15) is 11.2 Å². The molecule has 9 aromatic carbocycles. The molecule has 266 valence electrons. The molecule has 57 heavy (non-hydrogen) atoms. The Morgan fingerprint density at radius 3 is 1.51 bits per heavy atom. The molecule has 11 rings (SSSR count). The van der Waals surface area contributed by atoms with Crippen LogP contribution in [0, 0.1) is 0 Å². The fourth-order valence-corrected chi connectivity index (χ4v) is 8.00. The van der Waals surface area contributed by atoms with Crippen LogP contribution in [0.1, 0.15) is 0 Å². The SMILES string of the molecule is c1ccc(-c2ccc(-c3nc(-c4ccc5ccccc5c4)nc(-c4cccc5oc6c(-c7ccc(-c8ccc9ccccc9c8)cc7)cccc6c45)n3)cc2)cc1. The van der Waals surface area contributed by atoms with Gasteiger partial charge in [-0.05, 0) is 67.6 Å². The molecular weight excluding hydrogens is 695 g/mol. The van der Waals surface area contributed by atoms with Crippen molar-refractivity contribution >= 4 is 43.5 Å². The van der Waals surface area contributed by atoms with E-state index in [1.807, 2.05) is 18.2 Å². The number of hydrogen-bond acceptors (Lipinski definition) is 4. The van der Waals surface area contributed by atoms with Crippen molar-refractivity contribution in [3.63, 3.8) is 0 Å². The molecule has 0 unspecified atom stereocenters. The van der Waals surface area contributed by atoms with Crippen LogP contribution in [0.15, 0.2) is 205 Å². The molecule has 0 N–H and O–H groups in total. The Bertz CT molecular complexity index is 3280. The minimum absolute atomic E-state index is 0.591. The second-order valence-corrected chi connectivity index (χ2v) is 14.4. The Kier molecular flexibility index (Phi) is 7.78. The molecular formula is C53H33N3O. The molecule has 0 fully saturated rings. The Morgan fingerprint density at radius 2 is 0.789 bits per heavy atom. The summed E-state index contributed by atoms with van der Waals surface area (Å²) in [7, 11) is 0. The molecule has 0 aliphatic heterocycles. The van der Waals surface area contributed by atoms with E-state index in [4.69, 9.17) is 19.4 Å². The van der Waals surface area contributed by atoms with Gasteiger partial charge in [0.15, 0.2) is 17.5 Å². The lowest BCUT2D eigenvalue weighted by molar-refractivity contribution is 0.670. The van der Waals surface area contributed by atoms with E-state index in [2.05, 4.69) is 182 Å². The number of benzene rings is 9. The van der Waals surface area contributed by atoms with E-state index in [0.717, 1.165) is 66.3 Å². The summed E-state index contributed by atoms with van der Waals surface area (Å²) in [5.41, 5.74) is 11.1. The number of para-hydroxylation sites is 1. The first-order chi connectivity index (χ1) is 28.2. The molecule has 0 saturated heterocycles. The second kappa shape index (κ2) is 13.6. The number of nitrogens with zero attached hydrogens (tertiary/aromatic N) is 3. The first-order valence-corrected chi connectivity index (χ1v) is 19.2. The summed E-state index contributed by atoms with van der Waals surface area (Å²) in [6.45, 7) is 0. The molecule has 0 aliphatic carbocycles. The lowest BCUT2D eigenvalue weighted by atomic mass is 9.97. The Balaban J connectivity index is 1.04. The molecule has 0 aliphatic rings. The number of fused-ring (bicyclic) bond motifs is 5. The average Bonchev–Trinajstić information content (AvgIpc) is 3.68. The van der Waals surface area contributed by atoms with E-state index in [1.54, 1.807) is 0 Å². The van der Waals surface area contributed by atoms with E-state index in [1.165, 1.54) is 27.3 Å². The van der Waals surface area contributed by atoms with Gasteiger partial charge in [0.05, 0.1) is 0 Å². The van der Waals surface area contributed by atoms with Gasteiger partial charge in [0.2, 0.25) is 0 Å². The maximum Gasteiger partial charge on any atom is 0.164 e. The number of rotatable bonds is 6. The van der Waals surface area contributed by atoms with Crippen molar-refractivity contribution in [3.05, 3.63) is 200 Å². The smallest absolute Gasteiger partial charge is 0.164 e. The lowest BCUT2D eigenvalue weighted by Gasteiger charge is -2.10. The van der Waals surface area contributed by atoms with Gasteiger partial charge in [-0.25, -0.2) is 15.0 Å². The summed E-state index contributed by atoms with van der Waals surface area (Å²) in [6.07, 6.45) is 0. The quantitative estimate of drug-likeness (QED) is 0.171. The molecule has 11 aromatic rings. The van der Waals surface area contributed by atoms with Crippen LogP contribution in [0.3, 0.4) is 0 Å². The van der Waals surface area contributed by atoms with Gasteiger partial charge in [0, 0.05) is 33.0 Å². The van der Waals surface area contributed by atoms with Crippen molar-refractivity contribution in [3.8, 4) is 67.5 Å². The molecule has 4 heteroatoms. The van der Waals surface area contributed by atoms with Crippen LogP contribution in [-0.2, 0) is 0 Å². The summed E-state index contributed by atoms with van der Waals surface area (Å²) in [6, 6.07) is 69.9. The minimum Gasteiger partial charge on any atom is -0.455 e. The van der Waals surface area contributed by atoms with E-state index in [9.17, 15) is 0 Å². The second-order valence-electron chi connectivity index (χ2n) is 14.4. The highest BCUT2D eigenvalue weighted by Gasteiger charge is 2.20. The molecule has 0 radical (unpaired) electrons. The molecule has 0 saturated carbocycles. The standard InChI is InChI=1S/C53H33N3O/c1-2-10-34(11-3-1)37-22-28-40(29-23-37)51-54-52(44-31-25-36-13-5-7-15-42(36)33-44)56-53(55-51)47-18-9-19-48-49(47)46-17-8-16-45(50(46)57-48)39-26-20-38(21-27-39)43-30-24-35-12-4-6-14-41(35)32-43/h1-33H. The predicted octanol–water partition coefficient (Wildman–Crippen LogP) is 14.1. The van der Waals surface area contributed by atoms with Crippen LogP contribution >= 0.6 is 0 Å². The third-order valence-corrected chi connectivity index (χ3v) is 10.9. The summed E-state index contributed by atoms with van der Waals surface area (Å²) >= 11 is 0. The van der Waals surface area contributed by atoms with E-state index in [-0.39, 0.29) is 0 Å². The predicted molar refractivity (Wildman–Crippen MR) is 235 cm³/mol. The highest BCUT2D eigenvalue weighted by molar-refractivity contribution is 6.15. The Labute approximate surface area is 329 Å². The van der Waals surface area contributed by atoms with Crippen molar-refractivity contribution in [1.82, 2.24) is 15.0 Å². The van der Waals surface area contributed by atoms with E-state index in [0.29, 0.717) is 17.5 Å². The van der Waals surface area contributed by atoms with Crippen LogP contribution in [0.2, 0.25) is 0 Å². The molecule has 4 nitrogen and oxygen atoms in total. The topological polar surface area (TPSA) is 51.8 Å². The van der Waals surface area contributed by atoms with Gasteiger partial charge < -0.3 is 4.42 Å². The van der Waals surface area contributed by atoms with Crippen molar-refractivity contribution in [2.45, 2.75) is 0 Å². The summed E-state index contributed by atoms with van der Waals surface area (Å²) in [5.74, 6) is 1.82. The first kappa shape index (κ1) is 32.7. The van der Waals surface area contributed by atoms with Crippen LogP contribution < -0.4 is 0 Å². The Hall–Kier alpha value is -7.69. The molecule has 0 spiro atoms. The van der Waals surface area contributed by atoms with E-state index >= 15 is 0 Å². The largest absolute Gasteiger partial charge is 0.455 e. The first-order valence-electron chi connectivity index (χ1n) is 19.2. The van der Waals surface area contributed by atoms with Crippen molar-refractivity contribution in [2.75, 3.05) is 0 Å². The molecule has 0 bridgehead atoms. The van der Waals surface area contributed by atoms with Gasteiger partial charge in [-0.3, -0.25) is 0 Å². The normalized spacial score (nSPS) is 11.5. The van der Waals surface area contributed by atoms with Gasteiger partial charge in [-0.2, -0.15) is 0 Å². The summed E-state index contributed by atoms with van der Waals surface area (Å²) in [4.78, 5) is 15.4. The summed E-state index contributed by atoms with van der Waals surface area (Å²) < 4.78 is 6.73. The molecule has 2 heterocycles. The highest BCUT2D eigenvalue weighted by Crippen LogP contribution is 2.41. The zero-order valence-electron chi connectivity index (χ0n) is 30.8. The van der Waals surface area contributed by atoms with Crippen LogP contribution in [0.25, 0.3) is 111 Å². The number of aromatic nitrogens is 3. The zero-order valence-corrected chi connectivity index (χ0v) is 30.8. The highest BCUT2D eigenvalue weighted by atomic mass is 16.3. The van der Waals surface area contributed by atoms with Crippen LogP contribution in [-0.4, -0.2) is 15.0 Å². The zero-order chi connectivity index (χ0) is 37.7. The van der Waals surface area contributed by atoms with Crippen molar-refractivity contribution in [1.29, 1.82) is 0 Å². The van der Waals surface area contributed by atoms with Crippen molar-refractivity contribution in [2.24, 2.45) is 0 Å². The molecule has 0 atom stereocenters. The molecule has 2 aromatic heterocycles. The van der Waals surface area contributed by atoms with Gasteiger partial charge in [-0.15, -0.1) is 0 Å². The van der Waals surface area contributed by atoms with Gasteiger partial charge in [0.25, 0.3) is 0 Å². The minimum atomic E-state index is 0.591. The molecule has 0 amide bonds. The van der Waals surface area contributed by atoms with Gasteiger partial charge >= 0.3 is 0 Å². The monoisotopic (exact) mass is 727 g/mol. The average molecular weight is 728 g/mol. The summed E-state index contributed by atoms with van der Waals surface area (Å²) in [5, 5.41) is 6.76.